The first-order valence-corrected chi connectivity index (χ1v) is 5.64. The Balaban J connectivity index is 2.23. The third-order valence-electron chi connectivity index (χ3n) is 3.19. The molecule has 1 aromatic rings. The Morgan fingerprint density at radius 2 is 2.12 bits per heavy atom. The van der Waals surface area contributed by atoms with Gasteiger partial charge in [0.1, 0.15) is 0 Å². The van der Waals surface area contributed by atoms with E-state index in [0.29, 0.717) is 13.0 Å². The van der Waals surface area contributed by atoms with Crippen LogP contribution in [0.5, 0.6) is 0 Å². The quantitative estimate of drug-likeness (QED) is 0.779. The number of amides is 1. The van der Waals surface area contributed by atoms with Crippen LogP contribution in [0.2, 0.25) is 0 Å². The number of aliphatic hydroxyl groups excluding tert-OH is 1. The Morgan fingerprint density at radius 3 is 2.69 bits per heavy atom. The average molecular weight is 219 g/mol. The second-order valence-electron chi connectivity index (χ2n) is 4.51. The van der Waals surface area contributed by atoms with Gasteiger partial charge in [-0.3, -0.25) is 4.79 Å². The summed E-state index contributed by atoms with van der Waals surface area (Å²) in [5, 5.41) is 9.54. The van der Waals surface area contributed by atoms with Crippen LogP contribution in [0.3, 0.4) is 0 Å². The fourth-order valence-corrected chi connectivity index (χ4v) is 2.25. The highest BCUT2D eigenvalue weighted by Gasteiger charge is 2.31. The predicted molar refractivity (Wildman–Crippen MR) is 62.3 cm³/mol. The highest BCUT2D eigenvalue weighted by Crippen LogP contribution is 2.21. The summed E-state index contributed by atoms with van der Waals surface area (Å²) in [5.74, 6) is 0.0298. The lowest BCUT2D eigenvalue weighted by Crippen LogP contribution is -2.34. The first kappa shape index (κ1) is 11.1. The fourth-order valence-electron chi connectivity index (χ4n) is 2.25. The zero-order valence-electron chi connectivity index (χ0n) is 9.68. The number of carbonyl (C=O) groups excluding carboxylic acids is 1. The Kier molecular flexibility index (Phi) is 2.97. The second kappa shape index (κ2) is 4.26. The van der Waals surface area contributed by atoms with E-state index in [9.17, 15) is 9.90 Å². The normalized spacial score (nSPS) is 24.8. The van der Waals surface area contributed by atoms with E-state index in [-0.39, 0.29) is 18.1 Å². The first-order valence-electron chi connectivity index (χ1n) is 5.64. The first-order chi connectivity index (χ1) is 7.59. The summed E-state index contributed by atoms with van der Waals surface area (Å²) in [7, 11) is 0. The zero-order valence-corrected chi connectivity index (χ0v) is 9.68. The number of hydrogen-bond donors (Lipinski definition) is 1. The molecule has 1 fully saturated rings. The lowest BCUT2D eigenvalue weighted by Gasteiger charge is -2.22. The van der Waals surface area contributed by atoms with Crippen LogP contribution in [0.4, 0.5) is 0 Å². The minimum absolute atomic E-state index is 0.0298. The van der Waals surface area contributed by atoms with Crippen molar-refractivity contribution in [3.05, 3.63) is 35.4 Å². The number of rotatable bonds is 1. The third-order valence-corrected chi connectivity index (χ3v) is 3.19. The Bertz CT molecular complexity index is 403. The van der Waals surface area contributed by atoms with E-state index in [4.69, 9.17) is 0 Å². The number of aryl methyl sites for hydroxylation is 1. The van der Waals surface area contributed by atoms with Crippen LogP contribution >= 0.6 is 0 Å². The molecule has 1 aliphatic heterocycles. The maximum Gasteiger partial charge on any atom is 0.254 e. The van der Waals surface area contributed by atoms with E-state index in [1.54, 1.807) is 4.90 Å². The Hall–Kier alpha value is -1.35. The van der Waals surface area contributed by atoms with Gasteiger partial charge in [-0.2, -0.15) is 0 Å². The fraction of sp³-hybridized carbons (Fsp3) is 0.462. The van der Waals surface area contributed by atoms with Gasteiger partial charge in [0.25, 0.3) is 5.91 Å². The summed E-state index contributed by atoms with van der Waals surface area (Å²) in [6.07, 6.45) is 0.306. The summed E-state index contributed by atoms with van der Waals surface area (Å²) in [5.41, 5.74) is 1.73. The van der Waals surface area contributed by atoms with Crippen molar-refractivity contribution in [3.63, 3.8) is 0 Å². The maximum atomic E-state index is 12.2. The molecule has 0 bridgehead atoms. The van der Waals surface area contributed by atoms with Crippen LogP contribution in [0.1, 0.15) is 29.3 Å². The van der Waals surface area contributed by atoms with Crippen molar-refractivity contribution < 1.29 is 9.90 Å². The number of aliphatic hydroxyl groups is 1. The lowest BCUT2D eigenvalue weighted by molar-refractivity contribution is 0.0725. The molecule has 1 N–H and O–H groups in total. The minimum Gasteiger partial charge on any atom is -0.391 e. The Morgan fingerprint density at radius 1 is 1.44 bits per heavy atom. The van der Waals surface area contributed by atoms with Gasteiger partial charge in [-0.05, 0) is 31.9 Å². The number of benzene rings is 1. The molecule has 1 aromatic carbocycles. The van der Waals surface area contributed by atoms with E-state index in [0.717, 1.165) is 11.1 Å². The van der Waals surface area contributed by atoms with Gasteiger partial charge in [0.05, 0.1) is 6.10 Å². The SMILES string of the molecule is Cc1ccccc1C(=O)N1C[C@H](O)C[C@H]1C. The van der Waals surface area contributed by atoms with Crippen LogP contribution < -0.4 is 0 Å². The van der Waals surface area contributed by atoms with Gasteiger partial charge in [0, 0.05) is 18.2 Å². The molecule has 0 aromatic heterocycles. The molecular weight excluding hydrogens is 202 g/mol. The van der Waals surface area contributed by atoms with Crippen molar-refractivity contribution in [1.29, 1.82) is 0 Å². The van der Waals surface area contributed by atoms with Crippen LogP contribution in [-0.2, 0) is 0 Å². The predicted octanol–water partition coefficient (Wildman–Crippen LogP) is 1.59. The summed E-state index contributed by atoms with van der Waals surface area (Å²) >= 11 is 0. The summed E-state index contributed by atoms with van der Waals surface area (Å²) in [6.45, 7) is 4.37. The van der Waals surface area contributed by atoms with Crippen molar-refractivity contribution in [3.8, 4) is 0 Å². The van der Waals surface area contributed by atoms with Crippen LogP contribution in [0.15, 0.2) is 24.3 Å². The van der Waals surface area contributed by atoms with Crippen LogP contribution in [-0.4, -0.2) is 34.6 Å². The molecule has 0 aliphatic carbocycles. The Labute approximate surface area is 95.7 Å². The number of nitrogens with zero attached hydrogens (tertiary/aromatic N) is 1. The number of carbonyl (C=O) groups is 1. The van der Waals surface area contributed by atoms with Crippen molar-refractivity contribution in [2.45, 2.75) is 32.4 Å². The topological polar surface area (TPSA) is 40.5 Å². The second-order valence-corrected chi connectivity index (χ2v) is 4.51. The average Bonchev–Trinajstić information content (AvgIpc) is 2.58. The van der Waals surface area contributed by atoms with Crippen molar-refractivity contribution in [2.75, 3.05) is 6.54 Å². The van der Waals surface area contributed by atoms with E-state index >= 15 is 0 Å². The molecule has 2 rings (SSSR count). The van der Waals surface area contributed by atoms with E-state index in [1.807, 2.05) is 38.1 Å². The molecule has 1 heterocycles. The highest BCUT2D eigenvalue weighted by molar-refractivity contribution is 5.96. The maximum absolute atomic E-state index is 12.2. The number of hydrogen-bond acceptors (Lipinski definition) is 2. The number of β-amino-alcohol motifs (C(OH)–C–C–N with tert-alkyl or cyclic N) is 1. The number of likely N-dealkylation sites (tertiary alicyclic amines) is 1. The molecule has 16 heavy (non-hydrogen) atoms. The minimum atomic E-state index is -0.372. The third kappa shape index (κ3) is 1.95. The molecule has 0 saturated carbocycles. The monoisotopic (exact) mass is 219 g/mol. The van der Waals surface area contributed by atoms with Crippen molar-refractivity contribution in [1.82, 2.24) is 4.90 Å². The van der Waals surface area contributed by atoms with Gasteiger partial charge in [-0.15, -0.1) is 0 Å². The zero-order chi connectivity index (χ0) is 11.7. The molecule has 3 heteroatoms. The van der Waals surface area contributed by atoms with Gasteiger partial charge in [0.2, 0.25) is 0 Å². The summed E-state index contributed by atoms with van der Waals surface area (Å²) < 4.78 is 0. The molecular formula is C13H17NO2. The highest BCUT2D eigenvalue weighted by atomic mass is 16.3. The molecule has 0 spiro atoms. The largest absolute Gasteiger partial charge is 0.391 e. The van der Waals surface area contributed by atoms with Gasteiger partial charge < -0.3 is 10.0 Å². The van der Waals surface area contributed by atoms with Gasteiger partial charge in [0.15, 0.2) is 0 Å². The van der Waals surface area contributed by atoms with Crippen LogP contribution in [0, 0.1) is 6.92 Å². The van der Waals surface area contributed by atoms with E-state index in [2.05, 4.69) is 0 Å². The van der Waals surface area contributed by atoms with Crippen LogP contribution in [0.25, 0.3) is 0 Å². The van der Waals surface area contributed by atoms with E-state index in [1.165, 1.54) is 0 Å². The molecule has 3 nitrogen and oxygen atoms in total. The lowest BCUT2D eigenvalue weighted by atomic mass is 10.1. The van der Waals surface area contributed by atoms with Gasteiger partial charge >= 0.3 is 0 Å². The van der Waals surface area contributed by atoms with Gasteiger partial charge in [-0.1, -0.05) is 18.2 Å². The molecule has 0 radical (unpaired) electrons. The molecule has 1 amide bonds. The van der Waals surface area contributed by atoms with E-state index < -0.39 is 0 Å². The standard InChI is InChI=1S/C13H17NO2/c1-9-5-3-4-6-12(9)13(16)14-8-11(15)7-10(14)2/h3-6,10-11,15H,7-8H2,1-2H3/t10-,11-/m1/s1. The summed E-state index contributed by atoms with van der Waals surface area (Å²) in [6, 6.07) is 7.70. The van der Waals surface area contributed by atoms with Crippen molar-refractivity contribution in [2.24, 2.45) is 0 Å². The smallest absolute Gasteiger partial charge is 0.254 e. The molecule has 0 unspecified atom stereocenters. The molecule has 1 aliphatic rings. The molecule has 86 valence electrons. The van der Waals surface area contributed by atoms with Crippen molar-refractivity contribution >= 4 is 5.91 Å². The molecule has 2 atom stereocenters. The van der Waals surface area contributed by atoms with Gasteiger partial charge in [-0.25, -0.2) is 0 Å². The molecule has 1 saturated heterocycles. The summed E-state index contributed by atoms with van der Waals surface area (Å²) in [4.78, 5) is 14.0.